The molecule has 0 aromatic heterocycles. The molecule has 0 fully saturated rings. The number of ketones is 1. The molecule has 0 aliphatic rings. The molecule has 0 spiro atoms. The van der Waals surface area contributed by atoms with Crippen LogP contribution in [-0.4, -0.2) is 16.9 Å². The van der Waals surface area contributed by atoms with E-state index in [2.05, 4.69) is 0 Å². The molecule has 1 aromatic carbocycles. The van der Waals surface area contributed by atoms with Crippen LogP contribution in [0.5, 0.6) is 0 Å². The first-order chi connectivity index (χ1) is 8.19. The zero-order valence-corrected chi connectivity index (χ0v) is 10.8. The van der Waals surface area contributed by atoms with Gasteiger partial charge in [0.05, 0.1) is 6.42 Å². The Kier molecular flexibility index (Phi) is 4.22. The van der Waals surface area contributed by atoms with Crippen LogP contribution in [0.2, 0.25) is 0 Å². The second-order valence-corrected chi connectivity index (χ2v) is 5.35. The summed E-state index contributed by atoms with van der Waals surface area (Å²) in [5.41, 5.74) is 0.337. The number of rotatable bonds is 5. The lowest BCUT2D eigenvalue weighted by molar-refractivity contribution is -0.139. The number of hydrogen-bond acceptors (Lipinski definition) is 2. The van der Waals surface area contributed by atoms with Crippen molar-refractivity contribution in [2.45, 2.75) is 33.6 Å². The van der Waals surface area contributed by atoms with Gasteiger partial charge in [-0.1, -0.05) is 13.8 Å². The second kappa shape index (κ2) is 5.29. The van der Waals surface area contributed by atoms with Gasteiger partial charge in [0.15, 0.2) is 5.78 Å². The number of carboxylic acid groups (broad SMARTS) is 1. The highest BCUT2D eigenvalue weighted by Crippen LogP contribution is 2.27. The molecule has 0 aliphatic heterocycles. The van der Waals surface area contributed by atoms with E-state index in [4.69, 9.17) is 5.11 Å². The van der Waals surface area contributed by atoms with E-state index < -0.39 is 17.2 Å². The molecule has 0 heterocycles. The molecule has 98 valence electrons. The average Bonchev–Trinajstić information content (AvgIpc) is 2.12. The predicted octanol–water partition coefficient (Wildman–Crippen LogP) is 3.21. The van der Waals surface area contributed by atoms with Crippen molar-refractivity contribution in [1.29, 1.82) is 0 Å². The van der Waals surface area contributed by atoms with Crippen LogP contribution in [-0.2, 0) is 4.79 Å². The van der Waals surface area contributed by atoms with E-state index in [1.807, 2.05) is 0 Å². The van der Waals surface area contributed by atoms with Gasteiger partial charge in [-0.2, -0.15) is 0 Å². The Labute approximate surface area is 106 Å². The summed E-state index contributed by atoms with van der Waals surface area (Å²) in [5.74, 6) is -1.62. The summed E-state index contributed by atoms with van der Waals surface area (Å²) in [6.07, 6.45) is -0.00473. The summed E-state index contributed by atoms with van der Waals surface area (Å²) >= 11 is 0. The van der Waals surface area contributed by atoms with Gasteiger partial charge >= 0.3 is 5.97 Å². The van der Waals surface area contributed by atoms with Crippen molar-refractivity contribution in [2.24, 2.45) is 5.41 Å². The van der Waals surface area contributed by atoms with Crippen molar-refractivity contribution >= 4 is 11.8 Å². The fourth-order valence-corrected chi connectivity index (χ4v) is 1.91. The molecule has 0 saturated heterocycles. The minimum atomic E-state index is -0.941. The number of aliphatic carboxylic acids is 1. The van der Waals surface area contributed by atoms with Gasteiger partial charge in [0.1, 0.15) is 5.82 Å². The van der Waals surface area contributed by atoms with Crippen LogP contribution in [0.1, 0.15) is 42.6 Å². The maximum Gasteiger partial charge on any atom is 0.303 e. The standard InChI is InChI=1S/C14H17FO3/c1-9-4-10(6-11(15)5-9)12(16)7-14(2,3)8-13(17)18/h4-6H,7-8H2,1-3H3,(H,17,18). The fourth-order valence-electron chi connectivity index (χ4n) is 1.91. The molecule has 1 N–H and O–H groups in total. The summed E-state index contributed by atoms with van der Waals surface area (Å²) in [7, 11) is 0. The third-order valence-electron chi connectivity index (χ3n) is 2.63. The highest BCUT2D eigenvalue weighted by atomic mass is 19.1. The molecule has 0 saturated carbocycles. The second-order valence-electron chi connectivity index (χ2n) is 5.35. The number of Topliss-reactive ketones (excluding diaryl/α,β-unsaturated/α-hetero) is 1. The summed E-state index contributed by atoms with van der Waals surface area (Å²) in [4.78, 5) is 22.7. The van der Waals surface area contributed by atoms with Crippen molar-refractivity contribution < 1.29 is 19.1 Å². The van der Waals surface area contributed by atoms with Crippen molar-refractivity contribution in [3.8, 4) is 0 Å². The van der Waals surface area contributed by atoms with Gasteiger partial charge in [-0.3, -0.25) is 9.59 Å². The topological polar surface area (TPSA) is 54.4 Å². The predicted molar refractivity (Wildman–Crippen MR) is 66.1 cm³/mol. The number of aryl methyl sites for hydroxylation is 1. The van der Waals surface area contributed by atoms with Crippen molar-refractivity contribution in [3.63, 3.8) is 0 Å². The minimum Gasteiger partial charge on any atom is -0.481 e. The fraction of sp³-hybridized carbons (Fsp3) is 0.429. The van der Waals surface area contributed by atoms with Crippen LogP contribution in [0.15, 0.2) is 18.2 Å². The summed E-state index contributed by atoms with van der Waals surface area (Å²) in [5, 5.41) is 8.75. The first-order valence-corrected chi connectivity index (χ1v) is 5.72. The van der Waals surface area contributed by atoms with Gasteiger partial charge in [0.25, 0.3) is 0 Å². The van der Waals surface area contributed by atoms with E-state index >= 15 is 0 Å². The molecule has 0 radical (unpaired) electrons. The number of benzene rings is 1. The van der Waals surface area contributed by atoms with E-state index in [1.54, 1.807) is 26.8 Å². The lowest BCUT2D eigenvalue weighted by Gasteiger charge is -2.21. The zero-order valence-electron chi connectivity index (χ0n) is 10.8. The molecular formula is C14H17FO3. The van der Waals surface area contributed by atoms with Crippen LogP contribution in [0.25, 0.3) is 0 Å². The quantitative estimate of drug-likeness (QED) is 0.819. The van der Waals surface area contributed by atoms with E-state index in [9.17, 15) is 14.0 Å². The molecule has 0 bridgehead atoms. The number of carboxylic acids is 1. The van der Waals surface area contributed by atoms with Crippen LogP contribution in [0.3, 0.4) is 0 Å². The first-order valence-electron chi connectivity index (χ1n) is 5.72. The highest BCUT2D eigenvalue weighted by molar-refractivity contribution is 5.96. The van der Waals surface area contributed by atoms with Gasteiger partial charge in [-0.25, -0.2) is 4.39 Å². The van der Waals surface area contributed by atoms with Crippen molar-refractivity contribution in [1.82, 2.24) is 0 Å². The average molecular weight is 252 g/mol. The smallest absolute Gasteiger partial charge is 0.303 e. The minimum absolute atomic E-state index is 0.0855. The number of hydrogen-bond donors (Lipinski definition) is 1. The van der Waals surface area contributed by atoms with E-state index in [1.165, 1.54) is 12.1 Å². The molecule has 0 atom stereocenters. The summed E-state index contributed by atoms with van der Waals surface area (Å²) in [6.45, 7) is 5.14. The molecular weight excluding hydrogens is 235 g/mol. The molecule has 3 nitrogen and oxygen atoms in total. The van der Waals surface area contributed by atoms with E-state index in [0.717, 1.165) is 0 Å². The molecule has 0 amide bonds. The van der Waals surface area contributed by atoms with Gasteiger partial charge in [-0.05, 0) is 36.1 Å². The maximum absolute atomic E-state index is 13.2. The number of halogens is 1. The lowest BCUT2D eigenvalue weighted by atomic mass is 9.82. The molecule has 1 aromatic rings. The Bertz CT molecular complexity index is 458. The molecule has 18 heavy (non-hydrogen) atoms. The lowest BCUT2D eigenvalue weighted by Crippen LogP contribution is -2.21. The molecule has 0 unspecified atom stereocenters. The number of carbonyl (C=O) groups excluding carboxylic acids is 1. The van der Waals surface area contributed by atoms with E-state index in [-0.39, 0.29) is 18.6 Å². The van der Waals surface area contributed by atoms with Crippen LogP contribution in [0.4, 0.5) is 4.39 Å². The SMILES string of the molecule is Cc1cc(F)cc(C(=O)CC(C)(C)CC(=O)O)c1. The van der Waals surface area contributed by atoms with Crippen LogP contribution >= 0.6 is 0 Å². The highest BCUT2D eigenvalue weighted by Gasteiger charge is 2.25. The van der Waals surface area contributed by atoms with Gasteiger partial charge < -0.3 is 5.11 Å². The molecule has 4 heteroatoms. The zero-order chi connectivity index (χ0) is 13.9. The third-order valence-corrected chi connectivity index (χ3v) is 2.63. The Morgan fingerprint density at radius 3 is 2.33 bits per heavy atom. The summed E-state index contributed by atoms with van der Waals surface area (Å²) < 4.78 is 13.2. The Morgan fingerprint density at radius 1 is 1.22 bits per heavy atom. The van der Waals surface area contributed by atoms with Crippen LogP contribution < -0.4 is 0 Å². The monoisotopic (exact) mass is 252 g/mol. The van der Waals surface area contributed by atoms with Gasteiger partial charge in [0.2, 0.25) is 0 Å². The number of carbonyl (C=O) groups is 2. The molecule has 1 rings (SSSR count). The largest absolute Gasteiger partial charge is 0.481 e. The van der Waals surface area contributed by atoms with Crippen molar-refractivity contribution in [3.05, 3.63) is 35.1 Å². The first kappa shape index (κ1) is 14.4. The Hall–Kier alpha value is -1.71. The molecule has 0 aliphatic carbocycles. The Morgan fingerprint density at radius 2 is 1.83 bits per heavy atom. The van der Waals surface area contributed by atoms with Gasteiger partial charge in [-0.15, -0.1) is 0 Å². The Balaban J connectivity index is 2.85. The maximum atomic E-state index is 13.2. The summed E-state index contributed by atoms with van der Waals surface area (Å²) in [6, 6.07) is 4.15. The van der Waals surface area contributed by atoms with Crippen molar-refractivity contribution in [2.75, 3.05) is 0 Å². The van der Waals surface area contributed by atoms with Crippen LogP contribution in [0, 0.1) is 18.2 Å². The third kappa shape index (κ3) is 4.28. The normalized spacial score (nSPS) is 11.3. The van der Waals surface area contributed by atoms with Gasteiger partial charge in [0, 0.05) is 12.0 Å². The van der Waals surface area contributed by atoms with E-state index in [0.29, 0.717) is 11.1 Å².